The normalized spacial score (nSPS) is 21.6. The van der Waals surface area contributed by atoms with Gasteiger partial charge in [-0.2, -0.15) is 0 Å². The third kappa shape index (κ3) is 2.15. The summed E-state index contributed by atoms with van der Waals surface area (Å²) in [5.74, 6) is 0. The van der Waals surface area contributed by atoms with E-state index in [9.17, 15) is 0 Å². The number of hydrogen-bond acceptors (Lipinski definition) is 3. The van der Waals surface area contributed by atoms with Crippen molar-refractivity contribution in [2.24, 2.45) is 5.41 Å². The van der Waals surface area contributed by atoms with Gasteiger partial charge >= 0.3 is 0 Å². The van der Waals surface area contributed by atoms with Gasteiger partial charge in [0.15, 0.2) is 0 Å². The van der Waals surface area contributed by atoms with E-state index < -0.39 is 0 Å². The molecule has 78 valence electrons. The zero-order valence-corrected chi connectivity index (χ0v) is 9.73. The second kappa shape index (κ2) is 3.99. The predicted octanol–water partition coefficient (Wildman–Crippen LogP) is 2.98. The van der Waals surface area contributed by atoms with Gasteiger partial charge < -0.3 is 5.32 Å². The van der Waals surface area contributed by atoms with Gasteiger partial charge in [-0.1, -0.05) is 13.3 Å². The van der Waals surface area contributed by atoms with Gasteiger partial charge in [0.25, 0.3) is 0 Å². The summed E-state index contributed by atoms with van der Waals surface area (Å²) in [5.41, 5.74) is 0.561. The summed E-state index contributed by atoms with van der Waals surface area (Å²) in [5, 5.41) is 6.82. The first-order valence-electron chi connectivity index (χ1n) is 5.32. The van der Waals surface area contributed by atoms with Crippen LogP contribution in [-0.2, 0) is 0 Å². The Morgan fingerprint density at radius 1 is 1.64 bits per heavy atom. The zero-order chi connectivity index (χ0) is 10.0. The van der Waals surface area contributed by atoms with Crippen molar-refractivity contribution in [2.45, 2.75) is 39.2 Å². The van der Waals surface area contributed by atoms with Crippen LogP contribution in [0.3, 0.4) is 0 Å². The molecule has 0 saturated heterocycles. The molecule has 14 heavy (non-hydrogen) atoms. The summed E-state index contributed by atoms with van der Waals surface area (Å²) in [6.07, 6.45) is 6.04. The van der Waals surface area contributed by atoms with Gasteiger partial charge in [0, 0.05) is 18.1 Å². The van der Waals surface area contributed by atoms with E-state index in [1.807, 2.05) is 11.6 Å². The molecule has 1 aliphatic carbocycles. The van der Waals surface area contributed by atoms with Crippen molar-refractivity contribution in [3.63, 3.8) is 0 Å². The van der Waals surface area contributed by atoms with E-state index in [-0.39, 0.29) is 0 Å². The highest BCUT2D eigenvalue weighted by atomic mass is 32.1. The lowest BCUT2D eigenvalue weighted by molar-refractivity contribution is 0.152. The first kappa shape index (κ1) is 10.1. The Morgan fingerprint density at radius 2 is 2.43 bits per heavy atom. The van der Waals surface area contributed by atoms with Crippen molar-refractivity contribution in [2.75, 3.05) is 6.54 Å². The van der Waals surface area contributed by atoms with Gasteiger partial charge in [-0.25, -0.2) is 4.98 Å². The largest absolute Gasteiger partial charge is 0.308 e. The molecule has 2 nitrogen and oxygen atoms in total. The van der Waals surface area contributed by atoms with Gasteiger partial charge in [-0.15, -0.1) is 11.3 Å². The lowest BCUT2D eigenvalue weighted by Gasteiger charge is -2.39. The molecular weight excluding hydrogens is 192 g/mol. The molecule has 1 heterocycles. The summed E-state index contributed by atoms with van der Waals surface area (Å²) in [7, 11) is 0. The number of aromatic nitrogens is 1. The molecule has 1 saturated carbocycles. The average molecular weight is 210 g/mol. The molecule has 2 rings (SSSR count). The molecule has 0 aromatic carbocycles. The maximum absolute atomic E-state index is 4.32. The van der Waals surface area contributed by atoms with Crippen LogP contribution in [0.4, 0.5) is 0 Å². The molecule has 0 bridgehead atoms. The number of nitrogens with zero attached hydrogens (tertiary/aromatic N) is 1. The fourth-order valence-electron chi connectivity index (χ4n) is 1.89. The third-order valence-corrected chi connectivity index (χ3v) is 4.18. The summed E-state index contributed by atoms with van der Waals surface area (Å²) in [6, 6.07) is 0.410. The van der Waals surface area contributed by atoms with Crippen molar-refractivity contribution in [1.82, 2.24) is 10.3 Å². The van der Waals surface area contributed by atoms with E-state index in [4.69, 9.17) is 0 Å². The maximum atomic E-state index is 4.32. The number of rotatable bonds is 4. The molecule has 3 heteroatoms. The number of hydrogen-bond donors (Lipinski definition) is 1. The van der Waals surface area contributed by atoms with Crippen LogP contribution in [0, 0.1) is 5.41 Å². The molecule has 0 radical (unpaired) electrons. The topological polar surface area (TPSA) is 24.9 Å². The smallest absolute Gasteiger partial charge is 0.109 e. The minimum Gasteiger partial charge on any atom is -0.308 e. The van der Waals surface area contributed by atoms with E-state index in [0.29, 0.717) is 11.5 Å². The SMILES string of the molecule is CC(NCC1(C)CCC1)c1nccs1. The van der Waals surface area contributed by atoms with Crippen LogP contribution in [0.15, 0.2) is 11.6 Å². The molecule has 1 atom stereocenters. The van der Waals surface area contributed by atoms with Crippen LogP contribution in [0.1, 0.15) is 44.2 Å². The number of nitrogens with one attached hydrogen (secondary N) is 1. The van der Waals surface area contributed by atoms with Gasteiger partial charge in [0.1, 0.15) is 5.01 Å². The standard InChI is InChI=1S/C11H18N2S/c1-9(10-12-6-7-14-10)13-8-11(2)4-3-5-11/h6-7,9,13H,3-5,8H2,1-2H3. The minimum absolute atomic E-state index is 0.410. The van der Waals surface area contributed by atoms with Crippen LogP contribution in [-0.4, -0.2) is 11.5 Å². The van der Waals surface area contributed by atoms with E-state index in [1.165, 1.54) is 24.3 Å². The lowest BCUT2D eigenvalue weighted by atomic mass is 9.70. The summed E-state index contributed by atoms with van der Waals surface area (Å²) >= 11 is 1.73. The van der Waals surface area contributed by atoms with Crippen LogP contribution in [0.2, 0.25) is 0 Å². The van der Waals surface area contributed by atoms with Crippen molar-refractivity contribution < 1.29 is 0 Å². The molecule has 0 aliphatic heterocycles. The van der Waals surface area contributed by atoms with Crippen molar-refractivity contribution in [1.29, 1.82) is 0 Å². The first-order valence-corrected chi connectivity index (χ1v) is 6.20. The zero-order valence-electron chi connectivity index (χ0n) is 8.92. The van der Waals surface area contributed by atoms with Crippen molar-refractivity contribution in [3.8, 4) is 0 Å². The van der Waals surface area contributed by atoms with Gasteiger partial charge in [-0.3, -0.25) is 0 Å². The highest BCUT2D eigenvalue weighted by molar-refractivity contribution is 7.09. The van der Waals surface area contributed by atoms with Gasteiger partial charge in [-0.05, 0) is 25.2 Å². The second-order valence-corrected chi connectivity index (χ2v) is 5.56. The third-order valence-electron chi connectivity index (χ3n) is 3.22. The molecule has 1 aromatic rings. The minimum atomic E-state index is 0.410. The second-order valence-electron chi connectivity index (χ2n) is 4.64. The quantitative estimate of drug-likeness (QED) is 0.826. The van der Waals surface area contributed by atoms with Crippen molar-refractivity contribution >= 4 is 11.3 Å². The van der Waals surface area contributed by atoms with E-state index >= 15 is 0 Å². The molecule has 1 N–H and O–H groups in total. The number of thiazole rings is 1. The monoisotopic (exact) mass is 210 g/mol. The Kier molecular flexibility index (Phi) is 2.88. The molecular formula is C11H18N2S. The molecule has 1 aromatic heterocycles. The Morgan fingerprint density at radius 3 is 2.93 bits per heavy atom. The Balaban J connectivity index is 1.80. The van der Waals surface area contributed by atoms with E-state index in [0.717, 1.165) is 6.54 Å². The fraction of sp³-hybridized carbons (Fsp3) is 0.727. The summed E-state index contributed by atoms with van der Waals surface area (Å²) in [4.78, 5) is 4.32. The fourth-order valence-corrected chi connectivity index (χ4v) is 2.56. The Labute approximate surface area is 89.8 Å². The predicted molar refractivity (Wildman–Crippen MR) is 60.5 cm³/mol. The van der Waals surface area contributed by atoms with Gasteiger partial charge in [0.2, 0.25) is 0 Å². The molecule has 1 unspecified atom stereocenters. The van der Waals surface area contributed by atoms with Crippen LogP contribution >= 0.6 is 11.3 Å². The summed E-state index contributed by atoms with van der Waals surface area (Å²) < 4.78 is 0. The Bertz CT molecular complexity index is 277. The average Bonchev–Trinajstić information content (AvgIpc) is 2.63. The molecule has 0 amide bonds. The van der Waals surface area contributed by atoms with Gasteiger partial charge in [0.05, 0.1) is 6.04 Å². The highest BCUT2D eigenvalue weighted by Gasteiger charge is 2.31. The van der Waals surface area contributed by atoms with Crippen LogP contribution < -0.4 is 5.32 Å². The first-order chi connectivity index (χ1) is 6.70. The summed E-state index contributed by atoms with van der Waals surface area (Å²) in [6.45, 7) is 5.70. The van der Waals surface area contributed by atoms with E-state index in [1.54, 1.807) is 11.3 Å². The van der Waals surface area contributed by atoms with Crippen LogP contribution in [0.25, 0.3) is 0 Å². The molecule has 0 spiro atoms. The van der Waals surface area contributed by atoms with Crippen LogP contribution in [0.5, 0.6) is 0 Å². The Hall–Kier alpha value is -0.410. The van der Waals surface area contributed by atoms with Crippen molar-refractivity contribution in [3.05, 3.63) is 16.6 Å². The molecule has 1 aliphatic rings. The molecule has 1 fully saturated rings. The van der Waals surface area contributed by atoms with E-state index in [2.05, 4.69) is 24.1 Å². The lowest BCUT2D eigenvalue weighted by Crippen LogP contribution is -2.38. The highest BCUT2D eigenvalue weighted by Crippen LogP contribution is 2.39. The maximum Gasteiger partial charge on any atom is 0.109 e.